The molecular weight excluding hydrogens is 471 g/mol. The van der Waals surface area contributed by atoms with Crippen LogP contribution in [-0.4, -0.2) is 35.9 Å². The number of unbranched alkanes of at least 4 members (excludes halogenated alkanes) is 1. The molecule has 0 bridgehead atoms. The van der Waals surface area contributed by atoms with Crippen LogP contribution in [0.5, 0.6) is 5.75 Å². The van der Waals surface area contributed by atoms with E-state index in [1.807, 2.05) is 37.3 Å². The fraction of sp³-hybridized carbons (Fsp3) is 0.481. The average molecular weight is 508 g/mol. The summed E-state index contributed by atoms with van der Waals surface area (Å²) in [6.45, 7) is 11.0. The third-order valence-electron chi connectivity index (χ3n) is 5.64. The van der Waals surface area contributed by atoms with E-state index in [-0.39, 0.29) is 30.4 Å². The topological polar surface area (TPSA) is 58.6 Å². The minimum absolute atomic E-state index is 0.0322. The molecular formula is C27H36Cl2N2O3. The normalized spacial score (nSPS) is 12.2. The number of amides is 2. The minimum atomic E-state index is -0.620. The SMILES string of the molecule is CCCCNC(=O)C(CC)N(Cc1ccc(Cl)c(Cl)c1)C(=O)COc1ccc(C(C)(C)C)cc1. The average Bonchev–Trinajstić information content (AvgIpc) is 2.79. The first-order valence-corrected chi connectivity index (χ1v) is 12.6. The molecule has 0 radical (unpaired) electrons. The molecule has 0 aliphatic rings. The number of ether oxygens (including phenoxy) is 1. The van der Waals surface area contributed by atoms with Gasteiger partial charge >= 0.3 is 0 Å². The van der Waals surface area contributed by atoms with Gasteiger partial charge in [-0.15, -0.1) is 0 Å². The van der Waals surface area contributed by atoms with Gasteiger partial charge in [0.25, 0.3) is 5.91 Å². The van der Waals surface area contributed by atoms with Crippen molar-refractivity contribution in [3.05, 3.63) is 63.6 Å². The lowest BCUT2D eigenvalue weighted by Crippen LogP contribution is -2.50. The molecule has 0 aliphatic heterocycles. The van der Waals surface area contributed by atoms with E-state index in [0.717, 1.165) is 18.4 Å². The summed E-state index contributed by atoms with van der Waals surface area (Å²) in [4.78, 5) is 27.8. The standard InChI is InChI=1S/C27H36Cl2N2O3/c1-6-8-15-30-26(33)24(7-2)31(17-19-9-14-22(28)23(29)16-19)25(32)18-34-21-12-10-20(11-13-21)27(3,4)5/h9-14,16,24H,6-8,15,17-18H2,1-5H3,(H,30,33). The van der Waals surface area contributed by atoms with Crippen LogP contribution in [0.3, 0.4) is 0 Å². The molecule has 1 N–H and O–H groups in total. The van der Waals surface area contributed by atoms with Gasteiger partial charge in [0.1, 0.15) is 11.8 Å². The van der Waals surface area contributed by atoms with Gasteiger partial charge in [-0.2, -0.15) is 0 Å². The van der Waals surface area contributed by atoms with Crippen LogP contribution in [0.1, 0.15) is 65.0 Å². The number of nitrogens with one attached hydrogen (secondary N) is 1. The maximum atomic E-state index is 13.3. The van der Waals surface area contributed by atoms with Crippen molar-refractivity contribution >= 4 is 35.0 Å². The lowest BCUT2D eigenvalue weighted by Gasteiger charge is -2.30. The van der Waals surface area contributed by atoms with Crippen LogP contribution in [0, 0.1) is 0 Å². The molecule has 2 rings (SSSR count). The minimum Gasteiger partial charge on any atom is -0.484 e. The molecule has 1 atom stereocenters. The third kappa shape index (κ3) is 8.21. The second-order valence-electron chi connectivity index (χ2n) is 9.40. The van der Waals surface area contributed by atoms with Crippen molar-refractivity contribution in [3.63, 3.8) is 0 Å². The lowest BCUT2D eigenvalue weighted by molar-refractivity contribution is -0.143. The number of benzene rings is 2. The Morgan fingerprint density at radius 3 is 2.26 bits per heavy atom. The van der Waals surface area contributed by atoms with E-state index in [2.05, 4.69) is 33.0 Å². The van der Waals surface area contributed by atoms with Gasteiger partial charge in [-0.3, -0.25) is 9.59 Å². The van der Waals surface area contributed by atoms with E-state index in [1.54, 1.807) is 17.0 Å². The molecule has 7 heteroatoms. The summed E-state index contributed by atoms with van der Waals surface area (Å²) in [5.74, 6) is 0.165. The third-order valence-corrected chi connectivity index (χ3v) is 6.37. The number of halogens is 2. The first-order chi connectivity index (χ1) is 16.1. The van der Waals surface area contributed by atoms with Gasteiger partial charge in [-0.1, -0.05) is 82.4 Å². The quantitative estimate of drug-likeness (QED) is 0.359. The summed E-state index contributed by atoms with van der Waals surface area (Å²) in [6, 6.07) is 12.3. The maximum Gasteiger partial charge on any atom is 0.261 e. The molecule has 0 saturated carbocycles. The molecule has 2 aromatic carbocycles. The molecule has 0 fully saturated rings. The molecule has 0 saturated heterocycles. The zero-order valence-electron chi connectivity index (χ0n) is 20.8. The Bertz CT molecular complexity index is 955. The highest BCUT2D eigenvalue weighted by atomic mass is 35.5. The Morgan fingerprint density at radius 1 is 1.03 bits per heavy atom. The molecule has 1 unspecified atom stereocenters. The zero-order valence-corrected chi connectivity index (χ0v) is 22.3. The molecule has 2 amide bonds. The van der Waals surface area contributed by atoms with E-state index < -0.39 is 6.04 Å². The second-order valence-corrected chi connectivity index (χ2v) is 10.2. The first kappa shape index (κ1) is 28.0. The monoisotopic (exact) mass is 506 g/mol. The summed E-state index contributed by atoms with van der Waals surface area (Å²) >= 11 is 12.2. The Labute approximate surface area is 213 Å². The van der Waals surface area contributed by atoms with Gasteiger partial charge in [0.15, 0.2) is 6.61 Å². The van der Waals surface area contributed by atoms with Crippen LogP contribution in [0.2, 0.25) is 10.0 Å². The van der Waals surface area contributed by atoms with Gasteiger partial charge in [0.05, 0.1) is 10.0 Å². The van der Waals surface area contributed by atoms with Gasteiger partial charge in [-0.05, 0) is 53.6 Å². The fourth-order valence-corrected chi connectivity index (χ4v) is 3.86. The molecule has 0 heterocycles. The van der Waals surface area contributed by atoms with Crippen LogP contribution in [-0.2, 0) is 21.5 Å². The van der Waals surface area contributed by atoms with Crippen molar-refractivity contribution in [2.24, 2.45) is 0 Å². The van der Waals surface area contributed by atoms with Gasteiger partial charge in [-0.25, -0.2) is 0 Å². The Morgan fingerprint density at radius 2 is 1.71 bits per heavy atom. The van der Waals surface area contributed by atoms with Crippen LogP contribution < -0.4 is 10.1 Å². The Balaban J connectivity index is 2.19. The van der Waals surface area contributed by atoms with Crippen molar-refractivity contribution in [3.8, 4) is 5.75 Å². The zero-order chi connectivity index (χ0) is 25.3. The van der Waals surface area contributed by atoms with E-state index in [0.29, 0.717) is 28.8 Å². The van der Waals surface area contributed by atoms with Gasteiger partial charge in [0.2, 0.25) is 5.91 Å². The summed E-state index contributed by atoms with van der Waals surface area (Å²) in [7, 11) is 0. The summed E-state index contributed by atoms with van der Waals surface area (Å²) < 4.78 is 5.80. The molecule has 2 aromatic rings. The van der Waals surface area contributed by atoms with E-state index in [1.165, 1.54) is 5.56 Å². The van der Waals surface area contributed by atoms with Crippen molar-refractivity contribution in [1.82, 2.24) is 10.2 Å². The van der Waals surface area contributed by atoms with Crippen molar-refractivity contribution in [1.29, 1.82) is 0 Å². The lowest BCUT2D eigenvalue weighted by atomic mass is 9.87. The van der Waals surface area contributed by atoms with Gasteiger partial charge < -0.3 is 15.0 Å². The molecule has 5 nitrogen and oxygen atoms in total. The molecule has 34 heavy (non-hydrogen) atoms. The summed E-state index contributed by atoms with van der Waals surface area (Å²) in [5.41, 5.74) is 2.00. The predicted molar refractivity (Wildman–Crippen MR) is 140 cm³/mol. The predicted octanol–water partition coefficient (Wildman–Crippen LogP) is 6.39. The van der Waals surface area contributed by atoms with Crippen molar-refractivity contribution in [2.45, 2.75) is 71.9 Å². The molecule has 0 aliphatic carbocycles. The van der Waals surface area contributed by atoms with Gasteiger partial charge in [0, 0.05) is 13.1 Å². The highest BCUT2D eigenvalue weighted by molar-refractivity contribution is 6.42. The smallest absolute Gasteiger partial charge is 0.261 e. The molecule has 186 valence electrons. The van der Waals surface area contributed by atoms with Crippen molar-refractivity contribution in [2.75, 3.05) is 13.2 Å². The van der Waals surface area contributed by atoms with Crippen molar-refractivity contribution < 1.29 is 14.3 Å². The Hall–Kier alpha value is -2.24. The summed E-state index contributed by atoms with van der Waals surface area (Å²) in [6.07, 6.45) is 2.34. The van der Waals surface area contributed by atoms with E-state index >= 15 is 0 Å². The van der Waals surface area contributed by atoms with Crippen LogP contribution in [0.4, 0.5) is 0 Å². The van der Waals surface area contributed by atoms with E-state index in [9.17, 15) is 9.59 Å². The number of hydrogen-bond donors (Lipinski definition) is 1. The Kier molecular flexibility index (Phi) is 10.7. The number of hydrogen-bond acceptors (Lipinski definition) is 3. The maximum absolute atomic E-state index is 13.3. The fourth-order valence-electron chi connectivity index (χ4n) is 3.54. The largest absolute Gasteiger partial charge is 0.484 e. The number of rotatable bonds is 11. The van der Waals surface area contributed by atoms with Crippen LogP contribution in [0.15, 0.2) is 42.5 Å². The second kappa shape index (κ2) is 13.0. The van der Waals surface area contributed by atoms with E-state index in [4.69, 9.17) is 27.9 Å². The first-order valence-electron chi connectivity index (χ1n) is 11.8. The molecule has 0 aromatic heterocycles. The number of carbonyl (C=O) groups excluding carboxylic acids is 2. The van der Waals surface area contributed by atoms with Crippen LogP contribution >= 0.6 is 23.2 Å². The van der Waals surface area contributed by atoms with Crippen LogP contribution in [0.25, 0.3) is 0 Å². The highest BCUT2D eigenvalue weighted by Crippen LogP contribution is 2.25. The molecule has 0 spiro atoms. The number of nitrogens with zero attached hydrogens (tertiary/aromatic N) is 1. The summed E-state index contributed by atoms with van der Waals surface area (Å²) in [5, 5.41) is 3.79. The number of carbonyl (C=O) groups is 2. The highest BCUT2D eigenvalue weighted by Gasteiger charge is 2.29.